The van der Waals surface area contributed by atoms with Crippen LogP contribution in [0.25, 0.3) is 0 Å². The van der Waals surface area contributed by atoms with Crippen LogP contribution in [0.15, 0.2) is 18.6 Å². The van der Waals surface area contributed by atoms with Crippen molar-refractivity contribution >= 4 is 0 Å². The van der Waals surface area contributed by atoms with Crippen LogP contribution < -0.4 is 0 Å². The number of aliphatic hydroxyl groups excluding tert-OH is 1. The molecule has 2 aromatic heterocycles. The molecule has 2 rings (SSSR count). The van der Waals surface area contributed by atoms with Crippen LogP contribution in [-0.4, -0.2) is 24.4 Å². The molecule has 0 amide bonds. The third-order valence-corrected chi connectivity index (χ3v) is 2.93. The Labute approximate surface area is 101 Å². The van der Waals surface area contributed by atoms with Gasteiger partial charge in [-0.05, 0) is 19.9 Å². The van der Waals surface area contributed by atoms with E-state index in [0.29, 0.717) is 6.42 Å². The molecule has 0 radical (unpaired) electrons. The van der Waals surface area contributed by atoms with Crippen molar-refractivity contribution in [2.75, 3.05) is 0 Å². The van der Waals surface area contributed by atoms with Crippen molar-refractivity contribution in [3.05, 3.63) is 35.7 Å². The molecule has 0 fully saturated rings. The Bertz CT molecular complexity index is 500. The number of rotatable bonds is 4. The van der Waals surface area contributed by atoms with E-state index in [2.05, 4.69) is 10.1 Å². The minimum Gasteiger partial charge on any atom is -0.386 e. The zero-order valence-corrected chi connectivity index (χ0v) is 10.5. The molecular formula is C12H18N4O. The van der Waals surface area contributed by atoms with E-state index in [1.54, 1.807) is 12.5 Å². The second kappa shape index (κ2) is 4.71. The van der Waals surface area contributed by atoms with Gasteiger partial charge in [0, 0.05) is 25.7 Å². The Kier molecular flexibility index (Phi) is 3.28. The lowest BCUT2D eigenvalue weighted by molar-refractivity contribution is 0.166. The summed E-state index contributed by atoms with van der Waals surface area (Å²) in [6.07, 6.45) is 3.49. The normalized spacial score (nSPS) is 12.9. The Balaban J connectivity index is 2.16. The van der Waals surface area contributed by atoms with Crippen LogP contribution in [0.1, 0.15) is 30.1 Å². The van der Waals surface area contributed by atoms with Crippen LogP contribution in [0.4, 0.5) is 0 Å². The number of imidazole rings is 1. The van der Waals surface area contributed by atoms with Gasteiger partial charge < -0.3 is 9.67 Å². The van der Waals surface area contributed by atoms with Crippen molar-refractivity contribution in [2.45, 2.75) is 32.9 Å². The molecule has 1 N–H and O–H groups in total. The number of hydrogen-bond donors (Lipinski definition) is 1. The smallest absolute Gasteiger partial charge is 0.101 e. The van der Waals surface area contributed by atoms with Gasteiger partial charge in [-0.1, -0.05) is 0 Å². The van der Waals surface area contributed by atoms with Crippen molar-refractivity contribution in [1.82, 2.24) is 19.3 Å². The van der Waals surface area contributed by atoms with Crippen molar-refractivity contribution in [3.8, 4) is 0 Å². The molecule has 1 atom stereocenters. The molecule has 0 saturated heterocycles. The van der Waals surface area contributed by atoms with Crippen LogP contribution in [0.2, 0.25) is 0 Å². The van der Waals surface area contributed by atoms with E-state index in [-0.39, 0.29) is 0 Å². The standard InChI is InChI=1S/C12H18N4O/c1-4-16-8-13-7-11(16)12(17)6-10-5-9(2)14-15(10)3/h5,7-8,12,17H,4,6H2,1-3H3. The van der Waals surface area contributed by atoms with Crippen LogP contribution >= 0.6 is 0 Å². The summed E-state index contributed by atoms with van der Waals surface area (Å²) < 4.78 is 3.76. The van der Waals surface area contributed by atoms with Crippen molar-refractivity contribution in [2.24, 2.45) is 7.05 Å². The monoisotopic (exact) mass is 234 g/mol. The first kappa shape index (κ1) is 11.9. The Morgan fingerprint density at radius 1 is 1.47 bits per heavy atom. The topological polar surface area (TPSA) is 55.9 Å². The van der Waals surface area contributed by atoms with Crippen LogP contribution in [-0.2, 0) is 20.0 Å². The molecule has 5 heteroatoms. The summed E-state index contributed by atoms with van der Waals surface area (Å²) in [5.41, 5.74) is 2.85. The summed E-state index contributed by atoms with van der Waals surface area (Å²) in [5, 5.41) is 14.5. The summed E-state index contributed by atoms with van der Waals surface area (Å²) in [6.45, 7) is 4.80. The lowest BCUT2D eigenvalue weighted by atomic mass is 10.1. The van der Waals surface area contributed by atoms with Gasteiger partial charge in [0.2, 0.25) is 0 Å². The summed E-state index contributed by atoms with van der Waals surface area (Å²) >= 11 is 0. The number of nitrogens with zero attached hydrogens (tertiary/aromatic N) is 4. The van der Waals surface area contributed by atoms with E-state index in [4.69, 9.17) is 0 Å². The van der Waals surface area contributed by atoms with Crippen LogP contribution in [0.5, 0.6) is 0 Å². The highest BCUT2D eigenvalue weighted by Crippen LogP contribution is 2.18. The molecular weight excluding hydrogens is 216 g/mol. The Hall–Kier alpha value is -1.62. The molecule has 2 aromatic rings. The molecule has 0 aliphatic carbocycles. The number of hydrogen-bond acceptors (Lipinski definition) is 3. The minimum absolute atomic E-state index is 0.535. The molecule has 0 aromatic carbocycles. The Morgan fingerprint density at radius 2 is 2.24 bits per heavy atom. The first-order chi connectivity index (χ1) is 8.11. The fourth-order valence-electron chi connectivity index (χ4n) is 2.03. The summed E-state index contributed by atoms with van der Waals surface area (Å²) in [4.78, 5) is 4.06. The second-order valence-corrected chi connectivity index (χ2v) is 4.23. The van der Waals surface area contributed by atoms with E-state index in [1.165, 1.54) is 0 Å². The molecule has 0 spiro atoms. The predicted molar refractivity (Wildman–Crippen MR) is 64.5 cm³/mol. The minimum atomic E-state index is -0.535. The van der Waals surface area contributed by atoms with Gasteiger partial charge in [0.05, 0.1) is 23.9 Å². The van der Waals surface area contributed by atoms with Gasteiger partial charge in [0.25, 0.3) is 0 Å². The zero-order chi connectivity index (χ0) is 12.4. The number of aliphatic hydroxyl groups is 1. The van der Waals surface area contributed by atoms with Gasteiger partial charge in [0.1, 0.15) is 6.10 Å². The summed E-state index contributed by atoms with van der Waals surface area (Å²) in [7, 11) is 1.90. The maximum atomic E-state index is 10.2. The van der Waals surface area contributed by atoms with Gasteiger partial charge in [-0.2, -0.15) is 5.10 Å². The highest BCUT2D eigenvalue weighted by molar-refractivity contribution is 5.13. The molecule has 5 nitrogen and oxygen atoms in total. The lowest BCUT2D eigenvalue weighted by Gasteiger charge is -2.12. The highest BCUT2D eigenvalue weighted by atomic mass is 16.3. The summed E-state index contributed by atoms with van der Waals surface area (Å²) in [5.74, 6) is 0. The first-order valence-corrected chi connectivity index (χ1v) is 5.79. The van der Waals surface area contributed by atoms with Crippen LogP contribution in [0.3, 0.4) is 0 Å². The average molecular weight is 234 g/mol. The molecule has 0 bridgehead atoms. The van der Waals surface area contributed by atoms with E-state index in [1.807, 2.05) is 36.2 Å². The first-order valence-electron chi connectivity index (χ1n) is 5.79. The predicted octanol–water partition coefficient (Wildman–Crippen LogP) is 1.22. The molecule has 92 valence electrons. The van der Waals surface area contributed by atoms with Gasteiger partial charge in [-0.25, -0.2) is 4.98 Å². The largest absolute Gasteiger partial charge is 0.386 e. The van der Waals surface area contributed by atoms with E-state index in [9.17, 15) is 5.11 Å². The second-order valence-electron chi connectivity index (χ2n) is 4.23. The highest BCUT2D eigenvalue weighted by Gasteiger charge is 2.15. The molecule has 1 unspecified atom stereocenters. The van der Waals surface area contributed by atoms with Crippen molar-refractivity contribution in [3.63, 3.8) is 0 Å². The lowest BCUT2D eigenvalue weighted by Crippen LogP contribution is -2.10. The fraction of sp³-hybridized carbons (Fsp3) is 0.500. The van der Waals surface area contributed by atoms with Gasteiger partial charge >= 0.3 is 0 Å². The average Bonchev–Trinajstić information content (AvgIpc) is 2.85. The maximum absolute atomic E-state index is 10.2. The van der Waals surface area contributed by atoms with Crippen molar-refractivity contribution < 1.29 is 5.11 Å². The maximum Gasteiger partial charge on any atom is 0.101 e. The Morgan fingerprint density at radius 3 is 2.82 bits per heavy atom. The van der Waals surface area contributed by atoms with E-state index >= 15 is 0 Å². The molecule has 0 aliphatic heterocycles. The van der Waals surface area contributed by atoms with E-state index < -0.39 is 6.10 Å². The number of aromatic nitrogens is 4. The number of aryl methyl sites for hydroxylation is 3. The van der Waals surface area contributed by atoms with Crippen molar-refractivity contribution in [1.29, 1.82) is 0 Å². The zero-order valence-electron chi connectivity index (χ0n) is 10.5. The van der Waals surface area contributed by atoms with Crippen LogP contribution in [0, 0.1) is 6.92 Å². The quantitative estimate of drug-likeness (QED) is 0.865. The third-order valence-electron chi connectivity index (χ3n) is 2.93. The fourth-order valence-corrected chi connectivity index (χ4v) is 2.03. The van der Waals surface area contributed by atoms with Gasteiger partial charge in [-0.15, -0.1) is 0 Å². The third kappa shape index (κ3) is 2.39. The SMILES string of the molecule is CCn1cncc1C(O)Cc1cc(C)nn1C. The molecule has 0 aliphatic rings. The molecule has 17 heavy (non-hydrogen) atoms. The van der Waals surface area contributed by atoms with Gasteiger partial charge in [0.15, 0.2) is 0 Å². The molecule has 2 heterocycles. The molecule has 0 saturated carbocycles. The van der Waals surface area contributed by atoms with Gasteiger partial charge in [-0.3, -0.25) is 4.68 Å². The summed E-state index contributed by atoms with van der Waals surface area (Å²) in [6, 6.07) is 2.00. The van der Waals surface area contributed by atoms with E-state index in [0.717, 1.165) is 23.6 Å².